The van der Waals surface area contributed by atoms with Gasteiger partial charge in [0, 0.05) is 12.6 Å². The van der Waals surface area contributed by atoms with Crippen LogP contribution in [-0.2, 0) is 14.8 Å². The van der Waals surface area contributed by atoms with Gasteiger partial charge < -0.3 is 10.8 Å². The molecule has 1 amide bonds. The fourth-order valence-corrected chi connectivity index (χ4v) is 2.52. The Morgan fingerprint density at radius 3 is 2.62 bits per heavy atom. The summed E-state index contributed by atoms with van der Waals surface area (Å²) >= 11 is 0. The highest BCUT2D eigenvalue weighted by molar-refractivity contribution is 7.89. The molecular formula is C10H12FN3O6S. The van der Waals surface area contributed by atoms with Gasteiger partial charge in [-0.2, -0.15) is 4.39 Å². The van der Waals surface area contributed by atoms with Crippen molar-refractivity contribution in [2.45, 2.75) is 17.9 Å². The number of primary amides is 1. The van der Waals surface area contributed by atoms with Gasteiger partial charge >= 0.3 is 5.69 Å². The molecule has 21 heavy (non-hydrogen) atoms. The van der Waals surface area contributed by atoms with Crippen molar-refractivity contribution < 1.29 is 27.6 Å². The molecule has 0 fully saturated rings. The number of nitro groups is 1. The maximum atomic E-state index is 13.5. The number of nitrogens with zero attached hydrogens (tertiary/aromatic N) is 1. The van der Waals surface area contributed by atoms with E-state index in [9.17, 15) is 27.7 Å². The maximum absolute atomic E-state index is 13.5. The van der Waals surface area contributed by atoms with E-state index in [1.165, 1.54) is 6.92 Å². The Balaban J connectivity index is 3.15. The number of benzene rings is 1. The summed E-state index contributed by atoms with van der Waals surface area (Å²) in [5.74, 6) is -2.28. The largest absolute Gasteiger partial charge is 0.382 e. The number of carbonyl (C=O) groups excluding carboxylic acids is 1. The molecule has 0 aliphatic heterocycles. The second kappa shape index (κ2) is 6.11. The van der Waals surface area contributed by atoms with Crippen LogP contribution in [0.3, 0.4) is 0 Å². The van der Waals surface area contributed by atoms with Crippen LogP contribution in [0.15, 0.2) is 17.0 Å². The summed E-state index contributed by atoms with van der Waals surface area (Å²) in [5, 5.41) is 19.8. The minimum absolute atomic E-state index is 0.236. The summed E-state index contributed by atoms with van der Waals surface area (Å²) in [7, 11) is -4.27. The lowest BCUT2D eigenvalue weighted by Gasteiger charge is -2.10. The number of nitro benzene ring substituents is 1. The Labute approximate surface area is 118 Å². The minimum Gasteiger partial charge on any atom is -0.382 e. The van der Waals surface area contributed by atoms with Gasteiger partial charge in [0.1, 0.15) is 6.10 Å². The van der Waals surface area contributed by atoms with Crippen LogP contribution in [0, 0.1) is 22.9 Å². The molecule has 0 aromatic heterocycles. The first-order valence-corrected chi connectivity index (χ1v) is 6.96. The summed E-state index contributed by atoms with van der Waals surface area (Å²) in [6, 6.07) is 1.43. The number of rotatable bonds is 6. The molecular weight excluding hydrogens is 309 g/mol. The third-order valence-electron chi connectivity index (χ3n) is 2.51. The second-order valence-corrected chi connectivity index (χ2v) is 5.87. The van der Waals surface area contributed by atoms with Gasteiger partial charge in [-0.1, -0.05) is 0 Å². The molecule has 1 atom stereocenters. The van der Waals surface area contributed by atoms with Crippen LogP contribution in [0.25, 0.3) is 0 Å². The molecule has 4 N–H and O–H groups in total. The van der Waals surface area contributed by atoms with Gasteiger partial charge in [-0.3, -0.25) is 14.9 Å². The van der Waals surface area contributed by atoms with E-state index in [-0.39, 0.29) is 5.56 Å². The minimum atomic E-state index is -4.27. The molecule has 1 unspecified atom stereocenters. The van der Waals surface area contributed by atoms with Gasteiger partial charge in [-0.15, -0.1) is 0 Å². The Bertz CT molecular complexity index is 690. The SMILES string of the molecule is Cc1cc(S(=O)(=O)NCC(O)C(N)=O)cc([N+](=O)[O-])c1F. The fourth-order valence-electron chi connectivity index (χ4n) is 1.38. The molecule has 1 rings (SSSR count). The molecule has 0 aliphatic rings. The van der Waals surface area contributed by atoms with Gasteiger partial charge in [-0.25, -0.2) is 13.1 Å². The Morgan fingerprint density at radius 1 is 1.57 bits per heavy atom. The second-order valence-electron chi connectivity index (χ2n) is 4.10. The molecule has 0 bridgehead atoms. The number of sulfonamides is 1. The van der Waals surface area contributed by atoms with Gasteiger partial charge in [0.2, 0.25) is 21.7 Å². The highest BCUT2D eigenvalue weighted by Gasteiger charge is 2.24. The zero-order valence-electron chi connectivity index (χ0n) is 10.7. The summed E-state index contributed by atoms with van der Waals surface area (Å²) in [6.07, 6.45) is -1.75. The summed E-state index contributed by atoms with van der Waals surface area (Å²) in [4.78, 5) is 19.6. The number of hydrogen-bond acceptors (Lipinski definition) is 6. The first-order chi connectivity index (χ1) is 9.56. The molecule has 0 heterocycles. The average Bonchev–Trinajstić information content (AvgIpc) is 2.38. The maximum Gasteiger partial charge on any atom is 0.306 e. The van der Waals surface area contributed by atoms with E-state index in [1.807, 2.05) is 4.72 Å². The van der Waals surface area contributed by atoms with Gasteiger partial charge in [-0.05, 0) is 18.6 Å². The van der Waals surface area contributed by atoms with Crippen molar-refractivity contribution in [3.8, 4) is 0 Å². The van der Waals surface area contributed by atoms with Crippen molar-refractivity contribution in [3.05, 3.63) is 33.6 Å². The molecule has 11 heteroatoms. The van der Waals surface area contributed by atoms with Crippen molar-refractivity contribution in [2.75, 3.05) is 6.54 Å². The predicted molar refractivity (Wildman–Crippen MR) is 68.2 cm³/mol. The number of aryl methyl sites for hydroxylation is 1. The number of nitrogens with two attached hydrogens (primary N) is 1. The van der Waals surface area contributed by atoms with Crippen LogP contribution in [0.2, 0.25) is 0 Å². The molecule has 116 valence electrons. The number of aliphatic hydroxyl groups is 1. The van der Waals surface area contributed by atoms with Gasteiger partial charge in [0.25, 0.3) is 0 Å². The van der Waals surface area contributed by atoms with E-state index in [2.05, 4.69) is 0 Å². The number of halogens is 1. The molecule has 0 saturated heterocycles. The highest BCUT2D eigenvalue weighted by Crippen LogP contribution is 2.24. The number of nitrogens with one attached hydrogen (secondary N) is 1. The average molecular weight is 321 g/mol. The van der Waals surface area contributed by atoms with E-state index in [4.69, 9.17) is 10.8 Å². The quantitative estimate of drug-likeness (QED) is 0.459. The lowest BCUT2D eigenvalue weighted by molar-refractivity contribution is -0.387. The van der Waals surface area contributed by atoms with Crippen molar-refractivity contribution in [3.63, 3.8) is 0 Å². The molecule has 9 nitrogen and oxygen atoms in total. The standard InChI is InChI=1S/C10H12FN3O6S/c1-5-2-6(3-7(9(5)11)14(17)18)21(19,20)13-4-8(15)10(12)16/h2-3,8,13,15H,4H2,1H3,(H2,12,16). The zero-order chi connectivity index (χ0) is 16.4. The molecule has 0 spiro atoms. The summed E-state index contributed by atoms with van der Waals surface area (Å²) in [5.41, 5.74) is 3.52. The fraction of sp³-hybridized carbons (Fsp3) is 0.300. The van der Waals surface area contributed by atoms with Gasteiger partial charge in [0.15, 0.2) is 0 Å². The number of aliphatic hydroxyl groups excluding tert-OH is 1. The summed E-state index contributed by atoms with van der Waals surface area (Å²) in [6.45, 7) is 0.460. The molecule has 0 saturated carbocycles. The smallest absolute Gasteiger partial charge is 0.306 e. The molecule has 1 aromatic carbocycles. The van der Waals surface area contributed by atoms with Crippen LogP contribution >= 0.6 is 0 Å². The number of carbonyl (C=O) groups is 1. The number of amides is 1. The van der Waals surface area contributed by atoms with E-state index < -0.39 is 49.9 Å². The van der Waals surface area contributed by atoms with Crippen LogP contribution < -0.4 is 10.5 Å². The van der Waals surface area contributed by atoms with E-state index >= 15 is 0 Å². The van der Waals surface area contributed by atoms with Crippen LogP contribution in [0.5, 0.6) is 0 Å². The van der Waals surface area contributed by atoms with E-state index in [0.29, 0.717) is 6.07 Å². The molecule has 0 radical (unpaired) electrons. The first-order valence-electron chi connectivity index (χ1n) is 5.48. The Morgan fingerprint density at radius 2 is 2.14 bits per heavy atom. The monoisotopic (exact) mass is 321 g/mol. The molecule has 0 aliphatic carbocycles. The zero-order valence-corrected chi connectivity index (χ0v) is 11.6. The third kappa shape index (κ3) is 3.93. The van der Waals surface area contributed by atoms with Crippen molar-refractivity contribution >= 4 is 21.6 Å². The lowest BCUT2D eigenvalue weighted by atomic mass is 10.2. The van der Waals surface area contributed by atoms with Crippen molar-refractivity contribution in [2.24, 2.45) is 5.73 Å². The number of hydrogen-bond donors (Lipinski definition) is 3. The highest BCUT2D eigenvalue weighted by atomic mass is 32.2. The van der Waals surface area contributed by atoms with E-state index in [1.54, 1.807) is 0 Å². The Kier molecular flexibility index (Phi) is 4.93. The predicted octanol–water partition coefficient (Wildman–Crippen LogP) is -0.833. The Hall–Kier alpha value is -2.11. The van der Waals surface area contributed by atoms with Crippen molar-refractivity contribution in [1.82, 2.24) is 4.72 Å². The molecule has 1 aromatic rings. The first kappa shape index (κ1) is 16.9. The van der Waals surface area contributed by atoms with E-state index in [0.717, 1.165) is 6.07 Å². The lowest BCUT2D eigenvalue weighted by Crippen LogP contribution is -2.39. The summed E-state index contributed by atoms with van der Waals surface area (Å²) < 4.78 is 39.1. The normalized spacial score (nSPS) is 12.9. The van der Waals surface area contributed by atoms with Crippen LogP contribution in [0.1, 0.15) is 5.56 Å². The topological polar surface area (TPSA) is 153 Å². The van der Waals surface area contributed by atoms with Crippen LogP contribution in [0.4, 0.5) is 10.1 Å². The van der Waals surface area contributed by atoms with Crippen molar-refractivity contribution in [1.29, 1.82) is 0 Å². The van der Waals surface area contributed by atoms with Crippen LogP contribution in [-0.4, -0.2) is 37.0 Å². The van der Waals surface area contributed by atoms with Gasteiger partial charge in [0.05, 0.1) is 9.82 Å². The third-order valence-corrected chi connectivity index (χ3v) is 3.91.